The van der Waals surface area contributed by atoms with Crippen LogP contribution >= 0.6 is 15.9 Å². The van der Waals surface area contributed by atoms with Gasteiger partial charge in [0.15, 0.2) is 5.78 Å². The van der Waals surface area contributed by atoms with E-state index < -0.39 is 0 Å². The predicted molar refractivity (Wildman–Crippen MR) is 131 cm³/mol. The smallest absolute Gasteiger partial charge is 0.169 e. The second-order valence-electron chi connectivity index (χ2n) is 7.21. The molecule has 0 saturated heterocycles. The Morgan fingerprint density at radius 2 is 2.07 bits per heavy atom. The first-order valence-corrected chi connectivity index (χ1v) is 12.0. The molecule has 166 valence electrons. The van der Waals surface area contributed by atoms with Crippen LogP contribution in [0.25, 0.3) is 0 Å². The first-order valence-electron chi connectivity index (χ1n) is 10.9. The molecular formula is C26H37BrO3. The largest absolute Gasteiger partial charge is 0.497 e. The molecule has 0 N–H and O–H groups in total. The number of Topliss-reactive ketones (excluding diaryl/α,β-unsaturated/α-hetero) is 1. The Labute approximate surface area is 191 Å². The Hall–Kier alpha value is -1.81. The van der Waals surface area contributed by atoms with Crippen molar-refractivity contribution in [1.82, 2.24) is 0 Å². The minimum absolute atomic E-state index is 0.146. The van der Waals surface area contributed by atoms with Gasteiger partial charge in [0.1, 0.15) is 11.5 Å². The molecule has 1 aliphatic heterocycles. The van der Waals surface area contributed by atoms with E-state index in [9.17, 15) is 4.79 Å². The zero-order valence-corrected chi connectivity index (χ0v) is 21.1. The summed E-state index contributed by atoms with van der Waals surface area (Å²) in [4.78, 5) is 13.5. The lowest BCUT2D eigenvalue weighted by Gasteiger charge is -2.26. The molecule has 0 radical (unpaired) electrons. The summed E-state index contributed by atoms with van der Waals surface area (Å²) < 4.78 is 11.2. The van der Waals surface area contributed by atoms with Crippen LogP contribution in [0.5, 0.6) is 11.5 Å². The number of fused-ring (bicyclic) bond motifs is 1. The molecular weight excluding hydrogens is 440 g/mol. The van der Waals surface area contributed by atoms with Crippen molar-refractivity contribution in [2.24, 2.45) is 11.8 Å². The van der Waals surface area contributed by atoms with Crippen molar-refractivity contribution in [1.29, 1.82) is 0 Å². The van der Waals surface area contributed by atoms with Crippen LogP contribution in [0.3, 0.4) is 0 Å². The second-order valence-corrected chi connectivity index (χ2v) is 7.86. The molecule has 0 aliphatic carbocycles. The predicted octanol–water partition coefficient (Wildman–Crippen LogP) is 7.10. The molecule has 30 heavy (non-hydrogen) atoms. The Bertz CT molecular complexity index is 789. The summed E-state index contributed by atoms with van der Waals surface area (Å²) in [6.07, 6.45) is 7.78. The van der Waals surface area contributed by atoms with Crippen molar-refractivity contribution in [3.05, 3.63) is 58.7 Å². The zero-order chi connectivity index (χ0) is 22.7. The van der Waals surface area contributed by atoms with Gasteiger partial charge in [0, 0.05) is 10.9 Å². The topological polar surface area (TPSA) is 35.5 Å². The van der Waals surface area contributed by atoms with Crippen molar-refractivity contribution in [2.75, 3.05) is 19.0 Å². The van der Waals surface area contributed by atoms with Crippen molar-refractivity contribution in [3.63, 3.8) is 0 Å². The summed E-state index contributed by atoms with van der Waals surface area (Å²) in [5, 5.41) is 0.759. The first kappa shape index (κ1) is 26.2. The number of ketones is 1. The van der Waals surface area contributed by atoms with E-state index in [1.807, 2.05) is 45.0 Å². The summed E-state index contributed by atoms with van der Waals surface area (Å²) in [6, 6.07) is 5.78. The number of rotatable bonds is 8. The van der Waals surface area contributed by atoms with Gasteiger partial charge in [0.05, 0.1) is 19.6 Å². The number of halogens is 1. The molecule has 3 nitrogen and oxygen atoms in total. The number of methoxy groups -OCH3 is 1. The molecule has 0 bridgehead atoms. The number of carbonyl (C=O) groups excluding carboxylic acids is 1. The Morgan fingerprint density at radius 3 is 2.63 bits per heavy atom. The lowest BCUT2D eigenvalue weighted by molar-refractivity contribution is -0.120. The lowest BCUT2D eigenvalue weighted by Crippen LogP contribution is -2.30. The van der Waals surface area contributed by atoms with E-state index in [0.717, 1.165) is 40.0 Å². The molecule has 2 atom stereocenters. The Balaban J connectivity index is 0.00000218. The molecule has 4 heteroatoms. The van der Waals surface area contributed by atoms with E-state index in [-0.39, 0.29) is 11.7 Å². The van der Waals surface area contributed by atoms with E-state index in [1.54, 1.807) is 7.11 Å². The summed E-state index contributed by atoms with van der Waals surface area (Å²) in [5.74, 6) is 2.01. The molecule has 0 fully saturated rings. The Kier molecular flexibility index (Phi) is 11.8. The van der Waals surface area contributed by atoms with Gasteiger partial charge in [-0.25, -0.2) is 0 Å². The third kappa shape index (κ3) is 6.60. The van der Waals surface area contributed by atoms with Crippen LogP contribution in [0.1, 0.15) is 53.5 Å². The van der Waals surface area contributed by atoms with Gasteiger partial charge in [0.25, 0.3) is 0 Å². The minimum atomic E-state index is -0.192. The van der Waals surface area contributed by atoms with Crippen LogP contribution in [-0.4, -0.2) is 24.8 Å². The van der Waals surface area contributed by atoms with Gasteiger partial charge >= 0.3 is 0 Å². The normalized spacial score (nSPS) is 17.9. The summed E-state index contributed by atoms with van der Waals surface area (Å²) in [5.41, 5.74) is 4.10. The Morgan fingerprint density at radius 1 is 1.37 bits per heavy atom. The standard InChI is InChI=1S/C24H31BrO3.C2H6/c1-6-16(3)17(4)22(9-8-12-25)21(7-2)24(26)19-13-18-14-20(27-5)10-11-23(18)28-15-19;1-2/h7-11,14,16,19H,6,12-13,15H2,1-5H3;1-2H3/b9-8-,21-7+,22-17-;. The molecule has 0 aromatic heterocycles. The maximum atomic E-state index is 13.5. The number of allylic oxidation sites excluding steroid dienone is 6. The number of alkyl halides is 1. The SMILES string of the molecule is CC.C\C=C(C(=O)C1COc2ccc(OC)cc2C1)/C(/C=C\CBr)=C(/C)C(C)CC. The van der Waals surface area contributed by atoms with Crippen LogP contribution in [-0.2, 0) is 11.2 Å². The second kappa shape index (κ2) is 13.5. The van der Waals surface area contributed by atoms with Crippen molar-refractivity contribution >= 4 is 21.7 Å². The highest BCUT2D eigenvalue weighted by Gasteiger charge is 2.29. The third-order valence-electron chi connectivity index (χ3n) is 5.54. The fraction of sp³-hybridized carbons (Fsp3) is 0.500. The highest BCUT2D eigenvalue weighted by Crippen LogP contribution is 2.34. The van der Waals surface area contributed by atoms with Gasteiger partial charge in [-0.05, 0) is 61.9 Å². The van der Waals surface area contributed by atoms with E-state index in [0.29, 0.717) is 18.9 Å². The van der Waals surface area contributed by atoms with Gasteiger partial charge in [-0.15, -0.1) is 0 Å². The average molecular weight is 477 g/mol. The van der Waals surface area contributed by atoms with E-state index in [4.69, 9.17) is 9.47 Å². The van der Waals surface area contributed by atoms with Crippen molar-refractivity contribution in [2.45, 2.75) is 54.4 Å². The molecule has 2 unspecified atom stereocenters. The number of hydrogen-bond acceptors (Lipinski definition) is 3. The van der Waals surface area contributed by atoms with Crippen molar-refractivity contribution < 1.29 is 14.3 Å². The number of hydrogen-bond donors (Lipinski definition) is 0. The molecule has 1 aliphatic rings. The van der Waals surface area contributed by atoms with E-state index in [2.05, 4.69) is 48.9 Å². The average Bonchev–Trinajstić information content (AvgIpc) is 2.80. The molecule has 0 spiro atoms. The highest BCUT2D eigenvalue weighted by atomic mass is 79.9. The quantitative estimate of drug-likeness (QED) is 0.228. The van der Waals surface area contributed by atoms with Crippen LogP contribution < -0.4 is 9.47 Å². The minimum Gasteiger partial charge on any atom is -0.497 e. The molecule has 1 heterocycles. The van der Waals surface area contributed by atoms with Gasteiger partial charge in [-0.3, -0.25) is 4.79 Å². The summed E-state index contributed by atoms with van der Waals surface area (Å²) >= 11 is 3.45. The lowest BCUT2D eigenvalue weighted by atomic mass is 9.83. The fourth-order valence-corrected chi connectivity index (χ4v) is 3.67. The molecule has 1 aromatic carbocycles. The molecule has 2 rings (SSSR count). The molecule has 0 amide bonds. The maximum Gasteiger partial charge on any atom is 0.169 e. The van der Waals surface area contributed by atoms with E-state index in [1.165, 1.54) is 5.57 Å². The number of ether oxygens (including phenoxy) is 2. The van der Waals surface area contributed by atoms with E-state index >= 15 is 0 Å². The maximum absolute atomic E-state index is 13.5. The van der Waals surface area contributed by atoms with Gasteiger partial charge in [-0.2, -0.15) is 0 Å². The first-order chi connectivity index (χ1) is 14.5. The fourth-order valence-electron chi connectivity index (χ4n) is 3.48. The van der Waals surface area contributed by atoms with Crippen molar-refractivity contribution in [3.8, 4) is 11.5 Å². The molecule has 0 saturated carbocycles. The van der Waals surface area contributed by atoms with Gasteiger partial charge in [-0.1, -0.05) is 67.4 Å². The van der Waals surface area contributed by atoms with Crippen LogP contribution in [0, 0.1) is 11.8 Å². The zero-order valence-electron chi connectivity index (χ0n) is 19.5. The number of carbonyl (C=O) groups is 1. The summed E-state index contributed by atoms with van der Waals surface area (Å²) in [7, 11) is 1.65. The highest BCUT2D eigenvalue weighted by molar-refractivity contribution is 9.09. The molecule has 1 aromatic rings. The summed E-state index contributed by atoms with van der Waals surface area (Å²) in [6.45, 7) is 12.9. The monoisotopic (exact) mass is 476 g/mol. The van der Waals surface area contributed by atoms with Gasteiger partial charge in [0.2, 0.25) is 0 Å². The van der Waals surface area contributed by atoms with Crippen LogP contribution in [0.4, 0.5) is 0 Å². The van der Waals surface area contributed by atoms with Crippen LogP contribution in [0.2, 0.25) is 0 Å². The number of benzene rings is 1. The third-order valence-corrected chi connectivity index (χ3v) is 5.91. The van der Waals surface area contributed by atoms with Crippen LogP contribution in [0.15, 0.2) is 53.1 Å². The van der Waals surface area contributed by atoms with Gasteiger partial charge < -0.3 is 9.47 Å².